The van der Waals surface area contributed by atoms with Gasteiger partial charge in [0.15, 0.2) is 0 Å². The zero-order valence-electron chi connectivity index (χ0n) is 15.8. The van der Waals surface area contributed by atoms with E-state index in [1.807, 2.05) is 6.07 Å². The van der Waals surface area contributed by atoms with Gasteiger partial charge in [0.1, 0.15) is 5.75 Å². The maximum atomic E-state index is 13.3. The summed E-state index contributed by atoms with van der Waals surface area (Å²) in [6.07, 6.45) is 0.450. The lowest BCUT2D eigenvalue weighted by Gasteiger charge is -2.26. The molecular formula is C22H22F3N3O. The van der Waals surface area contributed by atoms with E-state index < -0.39 is 11.7 Å². The molecule has 152 valence electrons. The summed E-state index contributed by atoms with van der Waals surface area (Å²) in [5.41, 5.74) is 1.20. The zero-order chi connectivity index (χ0) is 20.4. The van der Waals surface area contributed by atoms with Crippen molar-refractivity contribution in [2.75, 3.05) is 18.4 Å². The molecule has 7 heteroatoms. The van der Waals surface area contributed by atoms with E-state index in [4.69, 9.17) is 0 Å². The maximum absolute atomic E-state index is 13.3. The molecule has 1 saturated heterocycles. The summed E-state index contributed by atoms with van der Waals surface area (Å²) in [5.74, 6) is 0.222. The van der Waals surface area contributed by atoms with E-state index in [1.54, 1.807) is 24.3 Å². The van der Waals surface area contributed by atoms with E-state index in [9.17, 15) is 18.3 Å². The number of fused-ring (bicyclic) bond motifs is 1. The topological polar surface area (TPSA) is 48.4 Å². The molecule has 4 nitrogen and oxygen atoms in total. The Labute approximate surface area is 167 Å². The van der Waals surface area contributed by atoms with Gasteiger partial charge in [-0.3, -0.25) is 9.88 Å². The number of phenols is 1. The number of alkyl halides is 3. The quantitative estimate of drug-likeness (QED) is 0.552. The van der Waals surface area contributed by atoms with E-state index in [1.165, 1.54) is 18.7 Å². The van der Waals surface area contributed by atoms with Crippen molar-refractivity contribution in [3.63, 3.8) is 0 Å². The predicted octanol–water partition coefficient (Wildman–Crippen LogP) is 5.69. The first-order chi connectivity index (χ1) is 13.9. The maximum Gasteiger partial charge on any atom is 0.418 e. The highest BCUT2D eigenvalue weighted by Gasteiger charge is 2.33. The summed E-state index contributed by atoms with van der Waals surface area (Å²) >= 11 is 0. The minimum absolute atomic E-state index is 0.0858. The van der Waals surface area contributed by atoms with Crippen LogP contribution in [0.5, 0.6) is 5.75 Å². The molecule has 1 aliphatic heterocycles. The first-order valence-electron chi connectivity index (χ1n) is 9.68. The van der Waals surface area contributed by atoms with Gasteiger partial charge in [-0.05, 0) is 56.3 Å². The zero-order valence-corrected chi connectivity index (χ0v) is 15.8. The molecular weight excluding hydrogens is 379 g/mol. The van der Waals surface area contributed by atoms with Crippen molar-refractivity contribution in [1.29, 1.82) is 0 Å². The van der Waals surface area contributed by atoms with Gasteiger partial charge in [-0.1, -0.05) is 18.6 Å². The normalized spacial score (nSPS) is 15.6. The second-order valence-electron chi connectivity index (χ2n) is 7.36. The fraction of sp³-hybridized carbons (Fsp3) is 0.318. The van der Waals surface area contributed by atoms with Crippen LogP contribution >= 0.6 is 0 Å². The summed E-state index contributed by atoms with van der Waals surface area (Å²) in [6.45, 7) is 2.66. The van der Waals surface area contributed by atoms with Crippen LogP contribution in [-0.4, -0.2) is 28.1 Å². The summed E-state index contributed by atoms with van der Waals surface area (Å²) in [6, 6.07) is 10.9. The Morgan fingerprint density at radius 1 is 1.03 bits per heavy atom. The molecule has 2 aromatic carbocycles. The van der Waals surface area contributed by atoms with Gasteiger partial charge in [0.2, 0.25) is 0 Å². The highest BCUT2D eigenvalue weighted by atomic mass is 19.4. The Morgan fingerprint density at radius 3 is 2.59 bits per heavy atom. The van der Waals surface area contributed by atoms with E-state index in [2.05, 4.69) is 15.2 Å². The van der Waals surface area contributed by atoms with Crippen LogP contribution in [0, 0.1) is 0 Å². The molecule has 1 aromatic heterocycles. The van der Waals surface area contributed by atoms with Crippen LogP contribution in [0.2, 0.25) is 0 Å². The number of halogens is 3. The number of para-hydroxylation sites is 1. The van der Waals surface area contributed by atoms with Crippen LogP contribution in [0.15, 0.2) is 48.7 Å². The number of pyridine rings is 1. The van der Waals surface area contributed by atoms with E-state index >= 15 is 0 Å². The Bertz CT molecular complexity index is 1010. The van der Waals surface area contributed by atoms with Crippen LogP contribution in [0.1, 0.15) is 30.4 Å². The molecule has 1 fully saturated rings. The molecule has 0 bridgehead atoms. The van der Waals surface area contributed by atoms with Crippen molar-refractivity contribution in [3.8, 4) is 5.75 Å². The van der Waals surface area contributed by atoms with E-state index in [0.29, 0.717) is 23.3 Å². The lowest BCUT2D eigenvalue weighted by molar-refractivity contribution is -0.136. The van der Waals surface area contributed by atoms with Crippen molar-refractivity contribution >= 4 is 22.3 Å². The van der Waals surface area contributed by atoms with E-state index in [-0.39, 0.29) is 11.3 Å². The second kappa shape index (κ2) is 7.91. The monoisotopic (exact) mass is 401 g/mol. The number of aromatic nitrogens is 1. The van der Waals surface area contributed by atoms with Gasteiger partial charge in [-0.25, -0.2) is 0 Å². The fourth-order valence-corrected chi connectivity index (χ4v) is 3.82. The fourth-order valence-electron chi connectivity index (χ4n) is 3.82. The number of hydrogen-bond donors (Lipinski definition) is 2. The number of nitrogens with one attached hydrogen (secondary N) is 1. The summed E-state index contributed by atoms with van der Waals surface area (Å²) < 4.78 is 39.9. The van der Waals surface area contributed by atoms with Gasteiger partial charge >= 0.3 is 6.18 Å². The van der Waals surface area contributed by atoms with Crippen molar-refractivity contribution in [2.24, 2.45) is 0 Å². The predicted molar refractivity (Wildman–Crippen MR) is 107 cm³/mol. The van der Waals surface area contributed by atoms with Gasteiger partial charge in [0.25, 0.3) is 0 Å². The molecule has 3 aromatic rings. The first kappa shape index (κ1) is 19.5. The minimum atomic E-state index is -4.47. The largest absolute Gasteiger partial charge is 0.508 e. The van der Waals surface area contributed by atoms with Gasteiger partial charge in [-0.2, -0.15) is 13.2 Å². The number of likely N-dealkylation sites (tertiary alicyclic amines) is 1. The smallest absolute Gasteiger partial charge is 0.418 e. The van der Waals surface area contributed by atoms with E-state index in [0.717, 1.165) is 37.6 Å². The lowest BCUT2D eigenvalue weighted by Crippen LogP contribution is -2.29. The third-order valence-electron chi connectivity index (χ3n) is 5.28. The number of piperidine rings is 1. The molecule has 0 saturated carbocycles. The number of benzene rings is 2. The van der Waals surface area contributed by atoms with Crippen molar-refractivity contribution in [3.05, 3.63) is 59.8 Å². The molecule has 2 N–H and O–H groups in total. The van der Waals surface area contributed by atoms with Gasteiger partial charge < -0.3 is 10.4 Å². The molecule has 0 unspecified atom stereocenters. The van der Waals surface area contributed by atoms with Gasteiger partial charge in [-0.15, -0.1) is 0 Å². The average molecular weight is 401 g/mol. The lowest BCUT2D eigenvalue weighted by atomic mass is 10.1. The molecule has 0 aliphatic carbocycles. The number of hydrogen-bond acceptors (Lipinski definition) is 4. The Hall–Kier alpha value is -2.80. The number of phenolic OH excluding ortho intramolecular Hbond substituents is 1. The molecule has 4 rings (SSSR count). The third-order valence-corrected chi connectivity index (χ3v) is 5.28. The first-order valence-corrected chi connectivity index (χ1v) is 9.68. The molecule has 0 atom stereocenters. The van der Waals surface area contributed by atoms with Crippen LogP contribution in [0.25, 0.3) is 10.9 Å². The molecule has 0 amide bonds. The average Bonchev–Trinajstić information content (AvgIpc) is 2.70. The molecule has 0 radical (unpaired) electrons. The molecule has 29 heavy (non-hydrogen) atoms. The Kier molecular flexibility index (Phi) is 5.32. The standard InChI is InChI=1S/C22H22F3N3O/c23-22(24,25)18-6-4-5-17-19(9-10-26-21(17)18)27-16-7-8-20(29)15(13-16)14-28-11-2-1-3-12-28/h4-10,13,29H,1-3,11-12,14H2,(H,26,27). The summed E-state index contributed by atoms with van der Waals surface area (Å²) in [4.78, 5) is 6.26. The number of rotatable bonds is 4. The van der Waals surface area contributed by atoms with Crippen LogP contribution in [0.4, 0.5) is 24.5 Å². The van der Waals surface area contributed by atoms with Crippen LogP contribution in [0.3, 0.4) is 0 Å². The van der Waals surface area contributed by atoms with Crippen molar-refractivity contribution in [2.45, 2.75) is 32.0 Å². The molecule has 0 spiro atoms. The number of aromatic hydroxyl groups is 1. The Balaban J connectivity index is 1.64. The van der Waals surface area contributed by atoms with Crippen LogP contribution in [-0.2, 0) is 12.7 Å². The van der Waals surface area contributed by atoms with Crippen molar-refractivity contribution in [1.82, 2.24) is 9.88 Å². The van der Waals surface area contributed by atoms with Crippen molar-refractivity contribution < 1.29 is 18.3 Å². The van der Waals surface area contributed by atoms with Gasteiger partial charge in [0.05, 0.1) is 11.1 Å². The molecule has 2 heterocycles. The van der Waals surface area contributed by atoms with Crippen LogP contribution < -0.4 is 5.32 Å². The highest BCUT2D eigenvalue weighted by molar-refractivity contribution is 5.94. The third kappa shape index (κ3) is 4.29. The Morgan fingerprint density at radius 2 is 1.83 bits per heavy atom. The summed E-state index contributed by atoms with van der Waals surface area (Å²) in [5, 5.41) is 13.8. The molecule has 1 aliphatic rings. The number of nitrogens with zero attached hydrogens (tertiary/aromatic N) is 2. The minimum Gasteiger partial charge on any atom is -0.508 e. The SMILES string of the molecule is Oc1ccc(Nc2ccnc3c(C(F)(F)F)cccc23)cc1CN1CCCCC1. The second-order valence-corrected chi connectivity index (χ2v) is 7.36. The number of anilines is 2. The van der Waals surface area contributed by atoms with Gasteiger partial charge in [0, 0.05) is 35.1 Å². The highest BCUT2D eigenvalue weighted by Crippen LogP contribution is 2.36. The summed E-state index contributed by atoms with van der Waals surface area (Å²) in [7, 11) is 0.